The van der Waals surface area contributed by atoms with E-state index in [0.29, 0.717) is 31.4 Å². The van der Waals surface area contributed by atoms with E-state index in [2.05, 4.69) is 43.1 Å². The van der Waals surface area contributed by atoms with Crippen LogP contribution in [0.3, 0.4) is 0 Å². The van der Waals surface area contributed by atoms with Crippen molar-refractivity contribution in [1.29, 1.82) is 0 Å². The second-order valence-electron chi connectivity index (χ2n) is 15.6. The van der Waals surface area contributed by atoms with Crippen LogP contribution in [0.15, 0.2) is 24.3 Å². The molecule has 306 valence electrons. The predicted octanol–water partition coefficient (Wildman–Crippen LogP) is 13.2. The van der Waals surface area contributed by atoms with Gasteiger partial charge in [-0.3, -0.25) is 0 Å². The van der Waals surface area contributed by atoms with Crippen molar-refractivity contribution in [2.75, 3.05) is 46.1 Å². The van der Waals surface area contributed by atoms with E-state index in [1.54, 1.807) is 0 Å². The fourth-order valence-corrected chi connectivity index (χ4v) is 7.36. The number of hydrogen-bond acceptors (Lipinski definition) is 5. The molecule has 2 atom stereocenters. The van der Waals surface area contributed by atoms with Gasteiger partial charge in [0.05, 0.1) is 13.2 Å². The molecular weight excluding hydrogens is 661 g/mol. The van der Waals surface area contributed by atoms with Crippen molar-refractivity contribution in [3.05, 3.63) is 24.3 Å². The zero-order valence-corrected chi connectivity index (χ0v) is 35.6. The summed E-state index contributed by atoms with van der Waals surface area (Å²) in [6.07, 6.45) is 48.1. The highest BCUT2D eigenvalue weighted by Gasteiger charge is 2.26. The number of rotatable bonds is 41. The van der Waals surface area contributed by atoms with Gasteiger partial charge in [0, 0.05) is 19.8 Å². The summed E-state index contributed by atoms with van der Waals surface area (Å²) in [4.78, 5) is 2.87. The molecule has 1 rings (SSSR count). The third-order valence-corrected chi connectivity index (χ3v) is 10.8. The van der Waals surface area contributed by atoms with Gasteiger partial charge in [-0.05, 0) is 90.1 Å². The normalized spacial score (nSPS) is 15.0. The van der Waals surface area contributed by atoms with E-state index >= 15 is 0 Å². The van der Waals surface area contributed by atoms with Crippen LogP contribution in [0.2, 0.25) is 0 Å². The van der Waals surface area contributed by atoms with Crippen LogP contribution >= 0.6 is 12.2 Å². The third kappa shape index (κ3) is 32.6. The zero-order valence-electron chi connectivity index (χ0n) is 34.8. The first-order valence-corrected chi connectivity index (χ1v) is 23.2. The molecule has 52 heavy (non-hydrogen) atoms. The van der Waals surface area contributed by atoms with Gasteiger partial charge >= 0.3 is 0 Å². The predicted molar refractivity (Wildman–Crippen MR) is 232 cm³/mol. The van der Waals surface area contributed by atoms with Crippen LogP contribution in [0.4, 0.5) is 0 Å². The molecular formula is C46H88N2O3S. The van der Waals surface area contributed by atoms with Gasteiger partial charge in [0.15, 0.2) is 0 Å². The maximum atomic E-state index is 6.39. The highest BCUT2D eigenvalue weighted by atomic mass is 32.1. The molecule has 5 nitrogen and oxygen atoms in total. The molecule has 6 heteroatoms. The summed E-state index contributed by atoms with van der Waals surface area (Å²) in [5.74, 6) is 0. The highest BCUT2D eigenvalue weighted by Crippen LogP contribution is 2.15. The number of allylic oxidation sites excluding steroid dienone is 4. The summed E-state index contributed by atoms with van der Waals surface area (Å²) >= 11 is 5.49. The number of likely N-dealkylation sites (tertiary alicyclic amines) is 1. The van der Waals surface area contributed by atoms with Crippen molar-refractivity contribution in [1.82, 2.24) is 4.90 Å². The van der Waals surface area contributed by atoms with Crippen LogP contribution in [0, 0.1) is 0 Å². The Morgan fingerprint density at radius 1 is 0.538 bits per heavy atom. The monoisotopic (exact) mass is 749 g/mol. The molecule has 0 saturated carbocycles. The Balaban J connectivity index is 2.20. The van der Waals surface area contributed by atoms with E-state index in [9.17, 15) is 0 Å². The Morgan fingerprint density at radius 3 is 1.35 bits per heavy atom. The number of thiocarbonyl (C=S) groups is 1. The van der Waals surface area contributed by atoms with Crippen molar-refractivity contribution < 1.29 is 14.2 Å². The number of unbranched alkanes of at least 4 members (excludes halogenated alkanes) is 24. The second kappa shape index (κ2) is 39.9. The molecule has 1 aliphatic rings. The SMILES string of the molecule is CCCCCCCC/C=C\CCCCCCCCOC(COCCN1CCCC1)C(OCCCCCCCC/C=C\CCCCCCCC)C(N)=S. The van der Waals surface area contributed by atoms with Crippen molar-refractivity contribution in [2.45, 2.75) is 219 Å². The van der Waals surface area contributed by atoms with E-state index in [-0.39, 0.29) is 12.2 Å². The molecule has 0 radical (unpaired) electrons. The fourth-order valence-electron chi connectivity index (χ4n) is 7.14. The Hall–Kier alpha value is -0.790. The Kier molecular flexibility index (Phi) is 37.8. The van der Waals surface area contributed by atoms with Crippen LogP contribution in [0.5, 0.6) is 0 Å². The van der Waals surface area contributed by atoms with Gasteiger partial charge in [-0.1, -0.05) is 166 Å². The number of nitrogens with zero attached hydrogens (tertiary/aromatic N) is 1. The first-order chi connectivity index (χ1) is 25.7. The lowest BCUT2D eigenvalue weighted by molar-refractivity contribution is -0.0823. The second-order valence-corrected chi connectivity index (χ2v) is 16.1. The zero-order chi connectivity index (χ0) is 37.4. The van der Waals surface area contributed by atoms with Crippen LogP contribution in [0.1, 0.15) is 206 Å². The Bertz CT molecular complexity index is 800. The molecule has 1 aliphatic heterocycles. The number of hydrogen-bond donors (Lipinski definition) is 1. The summed E-state index contributed by atoms with van der Waals surface area (Å²) in [6, 6.07) is 0. The lowest BCUT2D eigenvalue weighted by Crippen LogP contribution is -2.44. The molecule has 1 heterocycles. The summed E-state index contributed by atoms with van der Waals surface area (Å²) in [5, 5.41) is 0. The lowest BCUT2D eigenvalue weighted by Gasteiger charge is -2.27. The minimum Gasteiger partial charge on any atom is -0.391 e. The topological polar surface area (TPSA) is 57.0 Å². The van der Waals surface area contributed by atoms with Crippen LogP contribution < -0.4 is 5.73 Å². The van der Waals surface area contributed by atoms with E-state index in [1.165, 1.54) is 193 Å². The largest absolute Gasteiger partial charge is 0.391 e. The van der Waals surface area contributed by atoms with Crippen LogP contribution in [-0.4, -0.2) is 68.2 Å². The lowest BCUT2D eigenvalue weighted by atomic mass is 10.1. The van der Waals surface area contributed by atoms with Gasteiger partial charge in [0.25, 0.3) is 0 Å². The molecule has 1 fully saturated rings. The molecule has 0 amide bonds. The van der Waals surface area contributed by atoms with Gasteiger partial charge in [-0.25, -0.2) is 0 Å². The molecule has 1 saturated heterocycles. The quantitative estimate of drug-likeness (QED) is 0.0382. The Labute approximate surface area is 330 Å². The van der Waals surface area contributed by atoms with E-state index in [0.717, 1.165) is 19.4 Å². The van der Waals surface area contributed by atoms with Crippen molar-refractivity contribution in [3.63, 3.8) is 0 Å². The highest BCUT2D eigenvalue weighted by molar-refractivity contribution is 7.80. The van der Waals surface area contributed by atoms with E-state index in [4.69, 9.17) is 32.2 Å². The average Bonchev–Trinajstić information content (AvgIpc) is 3.67. The fraction of sp³-hybridized carbons (Fsp3) is 0.891. The first-order valence-electron chi connectivity index (χ1n) is 22.8. The molecule has 0 bridgehead atoms. The summed E-state index contributed by atoms with van der Waals surface area (Å²) in [7, 11) is 0. The minimum atomic E-state index is -0.390. The summed E-state index contributed by atoms with van der Waals surface area (Å²) in [5.41, 5.74) is 6.23. The van der Waals surface area contributed by atoms with Gasteiger partial charge in [-0.15, -0.1) is 0 Å². The van der Waals surface area contributed by atoms with Gasteiger partial charge in [-0.2, -0.15) is 0 Å². The molecule has 0 aliphatic carbocycles. The standard InChI is InChI=1S/C46H88N2O3S/c1-3-5-7-9-11-13-15-17-19-21-23-25-27-29-31-35-40-50-44(43-49-42-39-48-37-33-34-38-48)45(46(47)52)51-41-36-32-30-28-26-24-22-20-18-16-14-12-10-8-6-4-2/h17-20,44-45H,3-16,21-43H2,1-2H3,(H2,47,52)/b19-17-,20-18-. The van der Waals surface area contributed by atoms with Crippen molar-refractivity contribution in [3.8, 4) is 0 Å². The molecule has 0 aromatic rings. The molecule has 0 spiro atoms. The van der Waals surface area contributed by atoms with Crippen LogP contribution in [-0.2, 0) is 14.2 Å². The summed E-state index contributed by atoms with van der Waals surface area (Å²) in [6.45, 7) is 10.5. The third-order valence-electron chi connectivity index (χ3n) is 10.6. The number of ether oxygens (including phenoxy) is 3. The van der Waals surface area contributed by atoms with Crippen LogP contribution in [0.25, 0.3) is 0 Å². The van der Waals surface area contributed by atoms with Gasteiger partial charge in [0.1, 0.15) is 17.2 Å². The maximum absolute atomic E-state index is 6.39. The van der Waals surface area contributed by atoms with E-state index in [1.807, 2.05) is 0 Å². The smallest absolute Gasteiger partial charge is 0.135 e. The van der Waals surface area contributed by atoms with Gasteiger partial charge < -0.3 is 24.8 Å². The molecule has 0 aromatic heterocycles. The molecule has 0 aromatic carbocycles. The average molecular weight is 749 g/mol. The minimum absolute atomic E-state index is 0.242. The molecule has 2 N–H and O–H groups in total. The first kappa shape index (κ1) is 49.2. The summed E-state index contributed by atoms with van der Waals surface area (Å²) < 4.78 is 18.8. The van der Waals surface area contributed by atoms with Crippen molar-refractivity contribution in [2.24, 2.45) is 5.73 Å². The van der Waals surface area contributed by atoms with Crippen molar-refractivity contribution >= 4 is 17.2 Å². The van der Waals surface area contributed by atoms with E-state index < -0.39 is 0 Å². The maximum Gasteiger partial charge on any atom is 0.135 e. The molecule has 2 unspecified atom stereocenters. The Morgan fingerprint density at radius 2 is 0.923 bits per heavy atom. The number of nitrogens with two attached hydrogens (primary N) is 1. The van der Waals surface area contributed by atoms with Gasteiger partial charge in [0.2, 0.25) is 0 Å².